The third-order valence-electron chi connectivity index (χ3n) is 5.95. The lowest BCUT2D eigenvalue weighted by Crippen LogP contribution is -3.13. The molecule has 0 saturated carbocycles. The van der Waals surface area contributed by atoms with Crippen LogP contribution in [-0.2, 0) is 0 Å². The minimum absolute atomic E-state index is 0.0871. The molecule has 1 aliphatic rings. The van der Waals surface area contributed by atoms with Crippen LogP contribution in [0.15, 0.2) is 59.7 Å². The number of aromatic hydroxyl groups is 1. The van der Waals surface area contributed by atoms with Gasteiger partial charge in [-0.25, -0.2) is 5.43 Å². The van der Waals surface area contributed by atoms with E-state index in [0.29, 0.717) is 18.1 Å². The van der Waals surface area contributed by atoms with E-state index >= 15 is 0 Å². The maximum Gasteiger partial charge on any atom is 0.275 e. The number of ether oxygens (including phenoxy) is 2. The summed E-state index contributed by atoms with van der Waals surface area (Å²) in [4.78, 5) is 14.1. The molecule has 172 valence electrons. The first-order valence-corrected chi connectivity index (χ1v) is 11.3. The zero-order valence-corrected chi connectivity index (χ0v) is 18.8. The number of fused-ring (bicyclic) bond motifs is 1. The van der Waals surface area contributed by atoms with Crippen LogP contribution in [0, 0.1) is 0 Å². The molecule has 0 spiro atoms. The summed E-state index contributed by atoms with van der Waals surface area (Å²) in [6.45, 7) is 4.07. The predicted octanol–water partition coefficient (Wildman–Crippen LogP) is 2.77. The van der Waals surface area contributed by atoms with E-state index in [-0.39, 0.29) is 11.3 Å². The number of hydrazone groups is 1. The molecule has 0 aromatic heterocycles. The number of hydrogen-bond acceptors (Lipinski definition) is 5. The zero-order chi connectivity index (χ0) is 23.0. The van der Waals surface area contributed by atoms with E-state index in [1.54, 1.807) is 24.1 Å². The molecule has 3 aromatic carbocycles. The quantitative estimate of drug-likeness (QED) is 0.366. The van der Waals surface area contributed by atoms with Gasteiger partial charge in [-0.3, -0.25) is 4.79 Å². The third kappa shape index (κ3) is 5.81. The smallest absolute Gasteiger partial charge is 0.275 e. The van der Waals surface area contributed by atoms with E-state index < -0.39 is 5.91 Å². The van der Waals surface area contributed by atoms with E-state index in [0.717, 1.165) is 22.9 Å². The fourth-order valence-electron chi connectivity index (χ4n) is 4.13. The second kappa shape index (κ2) is 10.8. The Morgan fingerprint density at radius 1 is 1.06 bits per heavy atom. The van der Waals surface area contributed by atoms with E-state index in [1.165, 1.54) is 38.6 Å². The lowest BCUT2D eigenvalue weighted by molar-refractivity contribution is -0.904. The van der Waals surface area contributed by atoms with Gasteiger partial charge in [-0.2, -0.15) is 5.10 Å². The standard InChI is InChI=1S/C26H29N3O4/c1-32-25-15-19(9-10-24(25)33-14-13-29-11-5-2-6-12-29)18-27-28-26(31)22-16-20-7-3-4-8-21(20)17-23(22)30/h3-4,7-10,15-18,30H,2,5-6,11-14H2,1H3,(H,28,31)/p+1/b27-18-. The van der Waals surface area contributed by atoms with Crippen molar-refractivity contribution < 1.29 is 24.3 Å². The van der Waals surface area contributed by atoms with Crippen molar-refractivity contribution in [1.29, 1.82) is 0 Å². The first-order valence-electron chi connectivity index (χ1n) is 11.3. The Morgan fingerprint density at radius 2 is 1.82 bits per heavy atom. The molecule has 1 amide bonds. The first kappa shape index (κ1) is 22.6. The van der Waals surface area contributed by atoms with E-state index in [4.69, 9.17) is 9.47 Å². The number of quaternary nitrogens is 1. The Kier molecular flexibility index (Phi) is 7.42. The number of nitrogens with zero attached hydrogens (tertiary/aromatic N) is 1. The number of piperidine rings is 1. The number of likely N-dealkylation sites (tertiary alicyclic amines) is 1. The molecule has 1 saturated heterocycles. The monoisotopic (exact) mass is 448 g/mol. The largest absolute Gasteiger partial charge is 0.507 e. The molecule has 3 aromatic rings. The van der Waals surface area contributed by atoms with Crippen molar-refractivity contribution in [2.45, 2.75) is 19.3 Å². The van der Waals surface area contributed by atoms with E-state index in [9.17, 15) is 9.90 Å². The lowest BCUT2D eigenvalue weighted by atomic mass is 10.1. The average molecular weight is 449 g/mol. The van der Waals surface area contributed by atoms with Crippen LogP contribution in [0.25, 0.3) is 10.8 Å². The fourth-order valence-corrected chi connectivity index (χ4v) is 4.13. The summed E-state index contributed by atoms with van der Waals surface area (Å²) in [5.74, 6) is 0.736. The minimum atomic E-state index is -0.485. The van der Waals surface area contributed by atoms with E-state index in [2.05, 4.69) is 10.5 Å². The van der Waals surface area contributed by atoms with Gasteiger partial charge in [0.2, 0.25) is 0 Å². The summed E-state index contributed by atoms with van der Waals surface area (Å²) in [7, 11) is 1.60. The van der Waals surface area contributed by atoms with Crippen molar-refractivity contribution in [3.05, 3.63) is 65.7 Å². The molecule has 0 bridgehead atoms. The number of phenolic OH excluding ortho intramolecular Hbond substituents is 1. The Bertz CT molecular complexity index is 1140. The van der Waals surface area contributed by atoms with Gasteiger partial charge < -0.3 is 19.5 Å². The maximum absolute atomic E-state index is 12.5. The number of amides is 1. The summed E-state index contributed by atoms with van der Waals surface area (Å²) >= 11 is 0. The molecule has 0 aliphatic carbocycles. The van der Waals surface area contributed by atoms with Crippen LogP contribution in [0.4, 0.5) is 0 Å². The fraction of sp³-hybridized carbons (Fsp3) is 0.308. The van der Waals surface area contributed by atoms with Gasteiger partial charge in [0, 0.05) is 0 Å². The average Bonchev–Trinajstić information content (AvgIpc) is 2.84. The number of carbonyl (C=O) groups excluding carboxylic acids is 1. The van der Waals surface area contributed by atoms with Gasteiger partial charge in [0.25, 0.3) is 5.91 Å². The van der Waals surface area contributed by atoms with Crippen LogP contribution in [0.1, 0.15) is 35.2 Å². The van der Waals surface area contributed by atoms with E-state index in [1.807, 2.05) is 42.5 Å². The highest BCUT2D eigenvalue weighted by molar-refractivity contribution is 6.01. The second-order valence-electron chi connectivity index (χ2n) is 8.24. The molecule has 0 unspecified atom stereocenters. The number of benzene rings is 3. The third-order valence-corrected chi connectivity index (χ3v) is 5.95. The number of hydrogen-bond donors (Lipinski definition) is 3. The Hall–Kier alpha value is -3.58. The van der Waals surface area contributed by atoms with Crippen molar-refractivity contribution in [1.82, 2.24) is 5.43 Å². The maximum atomic E-state index is 12.5. The molecule has 33 heavy (non-hydrogen) atoms. The molecule has 4 rings (SSSR count). The number of nitrogens with one attached hydrogen (secondary N) is 2. The second-order valence-corrected chi connectivity index (χ2v) is 8.24. The molecule has 7 nitrogen and oxygen atoms in total. The highest BCUT2D eigenvalue weighted by atomic mass is 16.5. The first-order chi connectivity index (χ1) is 16.1. The van der Waals surface area contributed by atoms with Gasteiger partial charge in [0.15, 0.2) is 11.5 Å². The van der Waals surface area contributed by atoms with Crippen LogP contribution in [0.5, 0.6) is 17.2 Å². The number of phenols is 1. The van der Waals surface area contributed by atoms with Crippen molar-refractivity contribution in [3.8, 4) is 17.2 Å². The van der Waals surface area contributed by atoms with Gasteiger partial charge in [-0.05, 0) is 65.9 Å². The topological polar surface area (TPSA) is 84.6 Å². The van der Waals surface area contributed by atoms with Gasteiger partial charge in [-0.15, -0.1) is 0 Å². The normalized spacial score (nSPS) is 14.5. The molecular formula is C26H30N3O4+. The SMILES string of the molecule is COc1cc(/C=N\NC(=O)c2cc3ccccc3cc2O)ccc1OCC[NH+]1CCCCC1. The molecule has 0 radical (unpaired) electrons. The molecule has 0 atom stereocenters. The van der Waals surface area contributed by atoms with Crippen molar-refractivity contribution in [2.24, 2.45) is 5.10 Å². The number of carbonyl (C=O) groups is 1. The molecule has 7 heteroatoms. The molecule has 1 heterocycles. The highest BCUT2D eigenvalue weighted by Gasteiger charge is 2.14. The molecule has 3 N–H and O–H groups in total. The van der Waals surface area contributed by atoms with Gasteiger partial charge in [0.1, 0.15) is 18.9 Å². The summed E-state index contributed by atoms with van der Waals surface area (Å²) < 4.78 is 11.4. The Balaban J connectivity index is 1.35. The van der Waals surface area contributed by atoms with Gasteiger partial charge >= 0.3 is 0 Å². The van der Waals surface area contributed by atoms with Crippen molar-refractivity contribution in [2.75, 3.05) is 33.4 Å². The minimum Gasteiger partial charge on any atom is -0.507 e. The number of rotatable bonds is 8. The van der Waals surface area contributed by atoms with Crippen molar-refractivity contribution in [3.63, 3.8) is 0 Å². The van der Waals surface area contributed by atoms with Gasteiger partial charge in [0.05, 0.1) is 32.0 Å². The van der Waals surface area contributed by atoms with Crippen LogP contribution in [0.2, 0.25) is 0 Å². The summed E-state index contributed by atoms with van der Waals surface area (Å²) in [5, 5.41) is 16.0. The summed E-state index contributed by atoms with van der Waals surface area (Å²) in [5.41, 5.74) is 3.39. The summed E-state index contributed by atoms with van der Waals surface area (Å²) in [6, 6.07) is 16.3. The molecule has 1 aliphatic heterocycles. The molecule has 1 fully saturated rings. The Labute approximate surface area is 193 Å². The van der Waals surface area contributed by atoms with Gasteiger partial charge in [-0.1, -0.05) is 24.3 Å². The van der Waals surface area contributed by atoms with Crippen LogP contribution in [-0.4, -0.2) is 50.6 Å². The summed E-state index contributed by atoms with van der Waals surface area (Å²) in [6.07, 6.45) is 5.46. The van der Waals surface area contributed by atoms with Crippen LogP contribution < -0.4 is 19.8 Å². The highest BCUT2D eigenvalue weighted by Crippen LogP contribution is 2.27. The number of methoxy groups -OCH3 is 1. The van der Waals surface area contributed by atoms with Crippen molar-refractivity contribution >= 4 is 22.9 Å². The lowest BCUT2D eigenvalue weighted by Gasteiger charge is -2.23. The Morgan fingerprint density at radius 3 is 2.58 bits per heavy atom. The zero-order valence-electron chi connectivity index (χ0n) is 18.8. The van der Waals surface area contributed by atoms with Crippen LogP contribution in [0.3, 0.4) is 0 Å². The van der Waals surface area contributed by atoms with Crippen LogP contribution >= 0.6 is 0 Å². The molecular weight excluding hydrogens is 418 g/mol. The predicted molar refractivity (Wildman–Crippen MR) is 129 cm³/mol.